The largest absolute Gasteiger partial charge is 0.312 e. The SMILES string of the molecule is CC(CNCc1ccc(Cl)cc1[N+](=O)[O-])C1CC1. The highest BCUT2D eigenvalue weighted by molar-refractivity contribution is 6.30. The number of rotatable bonds is 6. The lowest BCUT2D eigenvalue weighted by Gasteiger charge is -2.11. The Hall–Kier alpha value is -1.13. The molecule has 5 heteroatoms. The molecule has 0 aromatic heterocycles. The van der Waals surface area contributed by atoms with Gasteiger partial charge in [0.15, 0.2) is 0 Å². The van der Waals surface area contributed by atoms with Crippen molar-refractivity contribution in [1.29, 1.82) is 0 Å². The van der Waals surface area contributed by atoms with Crippen LogP contribution in [0.3, 0.4) is 0 Å². The molecular weight excluding hydrogens is 252 g/mol. The molecule has 1 aliphatic carbocycles. The van der Waals surface area contributed by atoms with Gasteiger partial charge in [-0.25, -0.2) is 0 Å². The fraction of sp³-hybridized carbons (Fsp3) is 0.538. The van der Waals surface area contributed by atoms with E-state index in [1.54, 1.807) is 12.1 Å². The van der Waals surface area contributed by atoms with Crippen molar-refractivity contribution in [2.75, 3.05) is 6.54 Å². The second kappa shape index (κ2) is 5.67. The molecule has 0 heterocycles. The van der Waals surface area contributed by atoms with Crippen LogP contribution in [-0.4, -0.2) is 11.5 Å². The van der Waals surface area contributed by atoms with Gasteiger partial charge in [-0.05, 0) is 43.4 Å². The van der Waals surface area contributed by atoms with Crippen LogP contribution in [0.4, 0.5) is 5.69 Å². The molecule has 0 saturated heterocycles. The van der Waals surface area contributed by atoms with Gasteiger partial charge in [0, 0.05) is 23.2 Å². The summed E-state index contributed by atoms with van der Waals surface area (Å²) in [6, 6.07) is 4.81. The number of nitro benzene ring substituents is 1. The van der Waals surface area contributed by atoms with Crippen LogP contribution in [0.25, 0.3) is 0 Å². The minimum Gasteiger partial charge on any atom is -0.312 e. The second-order valence-corrected chi connectivity index (χ2v) is 5.41. The highest BCUT2D eigenvalue weighted by Crippen LogP contribution is 2.36. The monoisotopic (exact) mass is 268 g/mol. The summed E-state index contributed by atoms with van der Waals surface area (Å²) in [6.45, 7) is 3.65. The van der Waals surface area contributed by atoms with Crippen molar-refractivity contribution in [2.45, 2.75) is 26.3 Å². The maximum Gasteiger partial charge on any atom is 0.275 e. The van der Waals surface area contributed by atoms with Gasteiger partial charge in [-0.15, -0.1) is 0 Å². The van der Waals surface area contributed by atoms with E-state index in [0.717, 1.165) is 12.5 Å². The quantitative estimate of drug-likeness (QED) is 0.636. The van der Waals surface area contributed by atoms with Crippen molar-refractivity contribution < 1.29 is 4.92 Å². The first-order valence-corrected chi connectivity index (χ1v) is 6.59. The molecule has 1 N–H and O–H groups in total. The van der Waals surface area contributed by atoms with Gasteiger partial charge >= 0.3 is 0 Å². The zero-order valence-corrected chi connectivity index (χ0v) is 11.1. The van der Waals surface area contributed by atoms with Gasteiger partial charge in [0.05, 0.1) is 4.92 Å². The molecule has 4 nitrogen and oxygen atoms in total. The van der Waals surface area contributed by atoms with E-state index in [0.29, 0.717) is 23.0 Å². The average Bonchev–Trinajstić information content (AvgIpc) is 3.14. The number of nitrogens with one attached hydrogen (secondary N) is 1. The number of hydrogen-bond donors (Lipinski definition) is 1. The van der Waals surface area contributed by atoms with E-state index < -0.39 is 0 Å². The lowest BCUT2D eigenvalue weighted by Crippen LogP contribution is -2.22. The molecule has 1 atom stereocenters. The topological polar surface area (TPSA) is 55.2 Å². The van der Waals surface area contributed by atoms with Crippen LogP contribution in [0.1, 0.15) is 25.3 Å². The zero-order valence-electron chi connectivity index (χ0n) is 10.4. The lowest BCUT2D eigenvalue weighted by atomic mass is 10.1. The minimum absolute atomic E-state index is 0.0917. The molecule has 18 heavy (non-hydrogen) atoms. The smallest absolute Gasteiger partial charge is 0.275 e. The Balaban J connectivity index is 1.93. The van der Waals surface area contributed by atoms with E-state index in [4.69, 9.17) is 11.6 Å². The Kier molecular flexibility index (Phi) is 4.19. The summed E-state index contributed by atoms with van der Waals surface area (Å²) in [5.41, 5.74) is 0.779. The van der Waals surface area contributed by atoms with Crippen LogP contribution in [0.5, 0.6) is 0 Å². The standard InChI is InChI=1S/C13H17ClN2O2/c1-9(10-2-3-10)7-15-8-11-4-5-12(14)6-13(11)16(17)18/h4-6,9-10,15H,2-3,7-8H2,1H3. The van der Waals surface area contributed by atoms with Crippen LogP contribution in [-0.2, 0) is 6.54 Å². The van der Waals surface area contributed by atoms with Crippen LogP contribution < -0.4 is 5.32 Å². The molecule has 98 valence electrons. The molecular formula is C13H17ClN2O2. The van der Waals surface area contributed by atoms with Crippen LogP contribution in [0, 0.1) is 22.0 Å². The van der Waals surface area contributed by atoms with Gasteiger partial charge in [0.25, 0.3) is 5.69 Å². The summed E-state index contributed by atoms with van der Waals surface area (Å²) in [7, 11) is 0. The van der Waals surface area contributed by atoms with Gasteiger partial charge in [-0.1, -0.05) is 18.5 Å². The van der Waals surface area contributed by atoms with Crippen molar-refractivity contribution in [3.63, 3.8) is 0 Å². The fourth-order valence-electron chi connectivity index (χ4n) is 2.12. The summed E-state index contributed by atoms with van der Waals surface area (Å²) < 4.78 is 0. The van der Waals surface area contributed by atoms with Crippen molar-refractivity contribution >= 4 is 17.3 Å². The van der Waals surface area contributed by atoms with E-state index in [1.807, 2.05) is 0 Å². The average molecular weight is 269 g/mol. The zero-order chi connectivity index (χ0) is 13.1. The summed E-state index contributed by atoms with van der Waals surface area (Å²) in [5, 5.41) is 14.6. The van der Waals surface area contributed by atoms with Gasteiger partial charge < -0.3 is 5.32 Å². The second-order valence-electron chi connectivity index (χ2n) is 4.98. The Morgan fingerprint density at radius 1 is 1.56 bits per heavy atom. The predicted octanol–water partition coefficient (Wildman–Crippen LogP) is 3.38. The number of hydrogen-bond acceptors (Lipinski definition) is 3. The van der Waals surface area contributed by atoms with Gasteiger partial charge in [0.2, 0.25) is 0 Å². The lowest BCUT2D eigenvalue weighted by molar-refractivity contribution is -0.385. The number of nitrogens with zero attached hydrogens (tertiary/aromatic N) is 1. The number of halogens is 1. The number of nitro groups is 1. The molecule has 1 saturated carbocycles. The van der Waals surface area contributed by atoms with Crippen LogP contribution in [0.2, 0.25) is 5.02 Å². The first-order chi connectivity index (χ1) is 8.58. The molecule has 0 bridgehead atoms. The first-order valence-electron chi connectivity index (χ1n) is 6.21. The van der Waals surface area contributed by atoms with Gasteiger partial charge in [0.1, 0.15) is 0 Å². The van der Waals surface area contributed by atoms with Crippen LogP contribution in [0.15, 0.2) is 18.2 Å². The molecule has 0 amide bonds. The molecule has 1 aromatic rings. The highest BCUT2D eigenvalue weighted by Gasteiger charge is 2.27. The Morgan fingerprint density at radius 3 is 2.89 bits per heavy atom. The Labute approximate surface area is 111 Å². The molecule has 1 aliphatic rings. The van der Waals surface area contributed by atoms with E-state index in [9.17, 15) is 10.1 Å². The third-order valence-electron chi connectivity index (χ3n) is 3.45. The maximum atomic E-state index is 10.9. The van der Waals surface area contributed by atoms with Crippen molar-refractivity contribution in [3.05, 3.63) is 38.9 Å². The van der Waals surface area contributed by atoms with E-state index in [-0.39, 0.29) is 10.6 Å². The molecule has 1 fully saturated rings. The number of benzene rings is 1. The molecule has 1 aromatic carbocycles. The van der Waals surface area contributed by atoms with Crippen molar-refractivity contribution in [3.8, 4) is 0 Å². The van der Waals surface area contributed by atoms with Crippen molar-refractivity contribution in [2.24, 2.45) is 11.8 Å². The van der Waals surface area contributed by atoms with Gasteiger partial charge in [-0.3, -0.25) is 10.1 Å². The Bertz CT molecular complexity index is 447. The predicted molar refractivity (Wildman–Crippen MR) is 71.7 cm³/mol. The van der Waals surface area contributed by atoms with E-state index >= 15 is 0 Å². The Morgan fingerprint density at radius 2 is 2.28 bits per heavy atom. The summed E-state index contributed by atoms with van der Waals surface area (Å²) in [5.74, 6) is 1.49. The molecule has 1 unspecified atom stereocenters. The molecule has 0 spiro atoms. The summed E-state index contributed by atoms with van der Waals surface area (Å²) in [4.78, 5) is 10.5. The fourth-order valence-corrected chi connectivity index (χ4v) is 2.29. The third-order valence-corrected chi connectivity index (χ3v) is 3.69. The van der Waals surface area contributed by atoms with E-state index in [2.05, 4.69) is 12.2 Å². The summed E-state index contributed by atoms with van der Waals surface area (Å²) in [6.07, 6.45) is 2.65. The van der Waals surface area contributed by atoms with E-state index in [1.165, 1.54) is 18.9 Å². The normalized spacial score (nSPS) is 16.6. The van der Waals surface area contributed by atoms with Crippen molar-refractivity contribution in [1.82, 2.24) is 5.32 Å². The van der Waals surface area contributed by atoms with Gasteiger partial charge in [-0.2, -0.15) is 0 Å². The first kappa shape index (κ1) is 13.3. The molecule has 2 rings (SSSR count). The highest BCUT2D eigenvalue weighted by atomic mass is 35.5. The summed E-state index contributed by atoms with van der Waals surface area (Å²) >= 11 is 5.77. The molecule has 0 aliphatic heterocycles. The third kappa shape index (κ3) is 3.43. The van der Waals surface area contributed by atoms with Crippen LogP contribution >= 0.6 is 11.6 Å². The maximum absolute atomic E-state index is 10.9. The minimum atomic E-state index is -0.382. The molecule has 0 radical (unpaired) electrons.